The topological polar surface area (TPSA) is 105 Å². The molecule has 10 heteroatoms. The Bertz CT molecular complexity index is 1320. The highest BCUT2D eigenvalue weighted by Crippen LogP contribution is 2.36. The minimum absolute atomic E-state index is 0.0176. The number of aromatic nitrogens is 2. The summed E-state index contributed by atoms with van der Waals surface area (Å²) in [5, 5.41) is 9.52. The van der Waals surface area contributed by atoms with Crippen LogP contribution in [0.25, 0.3) is 21.9 Å². The molecule has 0 saturated carbocycles. The van der Waals surface area contributed by atoms with Crippen molar-refractivity contribution in [1.82, 2.24) is 14.5 Å². The van der Waals surface area contributed by atoms with Gasteiger partial charge in [-0.2, -0.15) is 0 Å². The highest BCUT2D eigenvalue weighted by Gasteiger charge is 2.41. The van der Waals surface area contributed by atoms with Crippen LogP contribution in [0.15, 0.2) is 23.1 Å². The van der Waals surface area contributed by atoms with Crippen LogP contribution in [0.1, 0.15) is 31.1 Å². The molecule has 1 saturated heterocycles. The number of benzene rings is 1. The predicted molar refractivity (Wildman–Crippen MR) is 118 cm³/mol. The summed E-state index contributed by atoms with van der Waals surface area (Å²) in [6.07, 6.45) is 0.841. The Kier molecular flexibility index (Phi) is 4.98. The molecule has 170 valence electrons. The number of aromatic carboxylic acids is 1. The number of nitrogens with zero attached hydrogens (tertiary/aromatic N) is 4. The molecule has 0 spiro atoms. The van der Waals surface area contributed by atoms with Gasteiger partial charge in [0, 0.05) is 23.7 Å². The molecule has 8 nitrogen and oxygen atoms in total. The van der Waals surface area contributed by atoms with Crippen LogP contribution < -0.4 is 16.1 Å². The number of likely N-dealkylation sites (N-methyl/N-ethyl adjacent to an activating group) is 1. The molecule has 1 aromatic carbocycles. The number of halogens is 2. The second-order valence-corrected chi connectivity index (χ2v) is 9.36. The molecular weight excluding hydrogens is 420 g/mol. The summed E-state index contributed by atoms with van der Waals surface area (Å²) in [5.74, 6) is -3.04. The molecule has 1 aliphatic rings. The number of fused-ring (bicyclic) bond motifs is 2. The Balaban J connectivity index is 2.05. The van der Waals surface area contributed by atoms with Crippen LogP contribution in [0.2, 0.25) is 0 Å². The van der Waals surface area contributed by atoms with Gasteiger partial charge in [-0.15, -0.1) is 0 Å². The zero-order chi connectivity index (χ0) is 23.7. The van der Waals surface area contributed by atoms with Crippen LogP contribution in [0.4, 0.5) is 14.5 Å². The SMILES string of the molecule is CN(C)C1C(N)CN1c1c(F)cc2cc3c(=O)c(C(=O)O)cn(C(C)(C)C)c3nc2c1F. The molecule has 4 rings (SSSR count). The van der Waals surface area contributed by atoms with Crippen molar-refractivity contribution >= 4 is 33.6 Å². The van der Waals surface area contributed by atoms with Gasteiger partial charge in [0.05, 0.1) is 17.6 Å². The highest BCUT2D eigenvalue weighted by atomic mass is 19.1. The van der Waals surface area contributed by atoms with Crippen LogP contribution in [0.3, 0.4) is 0 Å². The molecule has 2 atom stereocenters. The quantitative estimate of drug-likeness (QED) is 0.596. The largest absolute Gasteiger partial charge is 0.477 e. The van der Waals surface area contributed by atoms with Gasteiger partial charge in [0.1, 0.15) is 28.2 Å². The van der Waals surface area contributed by atoms with E-state index in [4.69, 9.17) is 5.73 Å². The number of carboxylic acid groups (broad SMARTS) is 1. The number of rotatable bonds is 3. The lowest BCUT2D eigenvalue weighted by molar-refractivity contribution is 0.0694. The van der Waals surface area contributed by atoms with Crippen molar-refractivity contribution < 1.29 is 18.7 Å². The zero-order valence-electron chi connectivity index (χ0n) is 18.5. The van der Waals surface area contributed by atoms with Gasteiger partial charge < -0.3 is 20.3 Å². The van der Waals surface area contributed by atoms with Crippen molar-refractivity contribution in [3.05, 3.63) is 45.8 Å². The molecule has 32 heavy (non-hydrogen) atoms. The van der Waals surface area contributed by atoms with Crippen LogP contribution >= 0.6 is 0 Å². The fourth-order valence-electron chi connectivity index (χ4n) is 4.31. The summed E-state index contributed by atoms with van der Waals surface area (Å²) < 4.78 is 32.2. The molecule has 3 heterocycles. The van der Waals surface area contributed by atoms with Crippen molar-refractivity contribution in [2.45, 2.75) is 38.5 Å². The van der Waals surface area contributed by atoms with Gasteiger partial charge >= 0.3 is 5.97 Å². The summed E-state index contributed by atoms with van der Waals surface area (Å²) >= 11 is 0. The summed E-state index contributed by atoms with van der Waals surface area (Å²) in [6, 6.07) is 2.16. The van der Waals surface area contributed by atoms with E-state index in [2.05, 4.69) is 4.98 Å². The minimum atomic E-state index is -1.38. The Labute approximate surface area is 182 Å². The third-order valence-corrected chi connectivity index (χ3v) is 5.81. The molecule has 0 aliphatic carbocycles. The lowest BCUT2D eigenvalue weighted by atomic mass is 10.0. The van der Waals surface area contributed by atoms with Crippen LogP contribution in [-0.4, -0.2) is 58.4 Å². The van der Waals surface area contributed by atoms with Gasteiger partial charge in [-0.25, -0.2) is 18.6 Å². The lowest BCUT2D eigenvalue weighted by Gasteiger charge is -2.51. The number of nitrogens with two attached hydrogens (primary N) is 1. The highest BCUT2D eigenvalue weighted by molar-refractivity contribution is 5.97. The van der Waals surface area contributed by atoms with E-state index >= 15 is 8.78 Å². The van der Waals surface area contributed by atoms with Gasteiger partial charge in [0.15, 0.2) is 5.82 Å². The first-order valence-electron chi connectivity index (χ1n) is 10.1. The maximum absolute atomic E-state index is 15.6. The van der Waals surface area contributed by atoms with Crippen molar-refractivity contribution in [2.75, 3.05) is 25.5 Å². The molecule has 3 N–H and O–H groups in total. The average Bonchev–Trinajstić information content (AvgIpc) is 2.64. The van der Waals surface area contributed by atoms with Crippen molar-refractivity contribution in [2.24, 2.45) is 5.73 Å². The monoisotopic (exact) mass is 445 g/mol. The number of hydrogen-bond donors (Lipinski definition) is 2. The lowest BCUT2D eigenvalue weighted by Crippen LogP contribution is -2.70. The Morgan fingerprint density at radius 1 is 1.28 bits per heavy atom. The summed E-state index contributed by atoms with van der Waals surface area (Å²) in [7, 11) is 3.56. The molecule has 3 aromatic rings. The second kappa shape index (κ2) is 7.21. The van der Waals surface area contributed by atoms with Gasteiger partial charge in [0.2, 0.25) is 5.43 Å². The average molecular weight is 445 g/mol. The van der Waals surface area contributed by atoms with E-state index in [1.807, 2.05) is 20.8 Å². The van der Waals surface area contributed by atoms with Gasteiger partial charge in [0.25, 0.3) is 0 Å². The van der Waals surface area contributed by atoms with Gasteiger partial charge in [-0.1, -0.05) is 0 Å². The van der Waals surface area contributed by atoms with E-state index < -0.39 is 34.1 Å². The normalized spacial score (nSPS) is 19.1. The fraction of sp³-hybridized carbons (Fsp3) is 0.409. The van der Waals surface area contributed by atoms with Crippen LogP contribution in [0.5, 0.6) is 0 Å². The molecule has 2 unspecified atom stereocenters. The van der Waals surface area contributed by atoms with Gasteiger partial charge in [-0.05, 0) is 47.0 Å². The molecule has 0 radical (unpaired) electrons. The number of carbonyl (C=O) groups is 1. The molecule has 0 bridgehead atoms. The Morgan fingerprint density at radius 2 is 1.94 bits per heavy atom. The maximum atomic E-state index is 15.6. The number of anilines is 1. The van der Waals surface area contributed by atoms with Crippen molar-refractivity contribution in [1.29, 1.82) is 0 Å². The first-order chi connectivity index (χ1) is 14.8. The fourth-order valence-corrected chi connectivity index (χ4v) is 4.31. The van der Waals surface area contributed by atoms with Crippen LogP contribution in [0, 0.1) is 11.6 Å². The van der Waals surface area contributed by atoms with E-state index in [-0.39, 0.29) is 46.4 Å². The first kappa shape index (κ1) is 22.1. The smallest absolute Gasteiger partial charge is 0.341 e. The standard InChI is InChI=1S/C22H25F2N5O3/c1-22(2,3)29-8-12(21(31)32)18(30)11-6-10-7-13(23)17(15(24)16(10)26-19(11)29)28-9-14(25)20(28)27(4)5/h6-8,14,20H,9,25H2,1-5H3,(H,31,32). The Hall–Kier alpha value is -3.11. The van der Waals surface area contributed by atoms with E-state index in [9.17, 15) is 14.7 Å². The summed E-state index contributed by atoms with van der Waals surface area (Å²) in [6.45, 7) is 5.71. The molecular formula is C22H25F2N5O3. The maximum Gasteiger partial charge on any atom is 0.341 e. The van der Waals surface area contributed by atoms with Gasteiger partial charge in [-0.3, -0.25) is 9.69 Å². The molecule has 1 fully saturated rings. The molecule has 2 aromatic heterocycles. The predicted octanol–water partition coefficient (Wildman–Crippen LogP) is 2.32. The molecule has 1 aliphatic heterocycles. The van der Waals surface area contributed by atoms with E-state index in [1.54, 1.807) is 23.9 Å². The van der Waals surface area contributed by atoms with E-state index in [1.165, 1.54) is 16.8 Å². The first-order valence-corrected chi connectivity index (χ1v) is 10.1. The second-order valence-electron chi connectivity index (χ2n) is 9.36. The number of pyridine rings is 2. The third-order valence-electron chi connectivity index (χ3n) is 5.81. The van der Waals surface area contributed by atoms with E-state index in [0.717, 1.165) is 6.07 Å². The Morgan fingerprint density at radius 3 is 2.47 bits per heavy atom. The number of carboxylic acids is 1. The zero-order valence-corrected chi connectivity index (χ0v) is 18.5. The third kappa shape index (κ3) is 3.21. The summed E-state index contributed by atoms with van der Waals surface area (Å²) in [4.78, 5) is 32.1. The summed E-state index contributed by atoms with van der Waals surface area (Å²) in [5.41, 5.74) is 3.98. The van der Waals surface area contributed by atoms with Crippen molar-refractivity contribution in [3.63, 3.8) is 0 Å². The minimum Gasteiger partial charge on any atom is -0.477 e. The number of hydrogen-bond acceptors (Lipinski definition) is 6. The van der Waals surface area contributed by atoms with Crippen molar-refractivity contribution in [3.8, 4) is 0 Å². The molecule has 0 amide bonds. The van der Waals surface area contributed by atoms with E-state index in [0.29, 0.717) is 0 Å². The van der Waals surface area contributed by atoms with Crippen LogP contribution in [-0.2, 0) is 5.54 Å².